The highest BCUT2D eigenvalue weighted by molar-refractivity contribution is 7.18. The molecule has 0 bridgehead atoms. The lowest BCUT2D eigenvalue weighted by molar-refractivity contribution is -0.155. The Morgan fingerprint density at radius 3 is 2.60 bits per heavy atom. The van der Waals surface area contributed by atoms with Crippen LogP contribution in [0.25, 0.3) is 16.2 Å². The molecule has 3 rings (SSSR count). The van der Waals surface area contributed by atoms with E-state index in [4.69, 9.17) is 28.3 Å². The fraction of sp³-hybridized carbons (Fsp3) is 0.294. The third-order valence-electron chi connectivity index (χ3n) is 4.31. The number of alkyl halides is 1. The van der Waals surface area contributed by atoms with E-state index >= 15 is 0 Å². The van der Waals surface area contributed by atoms with E-state index in [0.717, 1.165) is 10.1 Å². The summed E-state index contributed by atoms with van der Waals surface area (Å²) in [5, 5.41) is 12.5. The highest BCUT2D eigenvalue weighted by Gasteiger charge is 2.42. The van der Waals surface area contributed by atoms with E-state index < -0.39 is 11.6 Å². The number of halogens is 3. The maximum atomic E-state index is 14.0. The van der Waals surface area contributed by atoms with Crippen molar-refractivity contribution in [2.24, 2.45) is 0 Å². The van der Waals surface area contributed by atoms with Gasteiger partial charge >= 0.3 is 5.97 Å². The second-order valence-corrected chi connectivity index (χ2v) is 7.53. The number of piperidine rings is 1. The normalized spacial score (nSPS) is 17.3. The van der Waals surface area contributed by atoms with Gasteiger partial charge in [-0.3, -0.25) is 4.79 Å². The van der Waals surface area contributed by atoms with Gasteiger partial charge in [-0.25, -0.2) is 9.18 Å². The fourth-order valence-corrected chi connectivity index (χ4v) is 4.19. The predicted molar refractivity (Wildman–Crippen MR) is 98.2 cm³/mol. The second-order valence-electron chi connectivity index (χ2n) is 5.86. The van der Waals surface area contributed by atoms with Crippen molar-refractivity contribution < 1.29 is 19.1 Å². The van der Waals surface area contributed by atoms with E-state index in [-0.39, 0.29) is 31.8 Å². The molecule has 2 aromatic rings. The van der Waals surface area contributed by atoms with Gasteiger partial charge in [0.15, 0.2) is 0 Å². The number of amides is 1. The Morgan fingerprint density at radius 2 is 1.96 bits per heavy atom. The van der Waals surface area contributed by atoms with Gasteiger partial charge in [0.05, 0.1) is 14.7 Å². The van der Waals surface area contributed by atoms with E-state index in [1.54, 1.807) is 6.08 Å². The summed E-state index contributed by atoms with van der Waals surface area (Å²) in [5.41, 5.74) is -1.63. The number of aliphatic carboxylic acids is 1. The van der Waals surface area contributed by atoms with Gasteiger partial charge in [0.2, 0.25) is 11.6 Å². The fourth-order valence-electron chi connectivity index (χ4n) is 2.75. The zero-order valence-electron chi connectivity index (χ0n) is 13.0. The Morgan fingerprint density at radius 1 is 1.28 bits per heavy atom. The molecule has 0 radical (unpaired) electrons. The first kappa shape index (κ1) is 18.2. The zero-order valence-corrected chi connectivity index (χ0v) is 15.3. The molecule has 1 aliphatic heterocycles. The van der Waals surface area contributed by atoms with Crippen molar-refractivity contribution in [1.82, 2.24) is 4.90 Å². The molecule has 1 fully saturated rings. The topological polar surface area (TPSA) is 57.6 Å². The van der Waals surface area contributed by atoms with Gasteiger partial charge in [-0.2, -0.15) is 0 Å². The van der Waals surface area contributed by atoms with Crippen LogP contribution >= 0.6 is 34.5 Å². The molecule has 1 amide bonds. The molecule has 0 spiro atoms. The standard InChI is InChI=1S/C17H14Cl2FNO3S/c18-13-10(9-11-3-8-25-15(11)14(13)19)1-2-12(22)21-6-4-17(20,5-7-21)16(23)24/h1-3,8-9H,4-7H2,(H,23,24)/b2-1+. The molecular formula is C17H14Cl2FNO3S. The van der Waals surface area contributed by atoms with Crippen molar-refractivity contribution in [3.8, 4) is 0 Å². The average Bonchev–Trinajstić information content (AvgIpc) is 3.05. The predicted octanol–water partition coefficient (Wildman–Crippen LogP) is 4.64. The molecular weight excluding hydrogens is 388 g/mol. The molecule has 4 nitrogen and oxygen atoms in total. The van der Waals surface area contributed by atoms with Crippen LogP contribution in [0.3, 0.4) is 0 Å². The highest BCUT2D eigenvalue weighted by atomic mass is 35.5. The minimum Gasteiger partial charge on any atom is -0.479 e. The first-order valence-corrected chi connectivity index (χ1v) is 9.20. The summed E-state index contributed by atoms with van der Waals surface area (Å²) in [7, 11) is 0. The Hall–Kier alpha value is -1.63. The molecule has 1 N–H and O–H groups in total. The summed E-state index contributed by atoms with van der Waals surface area (Å²) in [4.78, 5) is 24.6. The molecule has 1 saturated heterocycles. The van der Waals surface area contributed by atoms with Crippen molar-refractivity contribution in [3.63, 3.8) is 0 Å². The Kier molecular flexibility index (Phi) is 5.04. The van der Waals surface area contributed by atoms with Gasteiger partial charge in [0.25, 0.3) is 0 Å². The number of benzene rings is 1. The van der Waals surface area contributed by atoms with Crippen molar-refractivity contribution >= 4 is 62.6 Å². The summed E-state index contributed by atoms with van der Waals surface area (Å²) in [6.07, 6.45) is 2.49. The summed E-state index contributed by atoms with van der Waals surface area (Å²) >= 11 is 14.0. The van der Waals surface area contributed by atoms with Crippen molar-refractivity contribution in [3.05, 3.63) is 39.2 Å². The van der Waals surface area contributed by atoms with Crippen LogP contribution in [-0.2, 0) is 9.59 Å². The van der Waals surface area contributed by atoms with Crippen molar-refractivity contribution in [1.29, 1.82) is 0 Å². The maximum absolute atomic E-state index is 14.0. The lowest BCUT2D eigenvalue weighted by Crippen LogP contribution is -2.47. The minimum atomic E-state index is -2.25. The van der Waals surface area contributed by atoms with E-state index in [0.29, 0.717) is 15.6 Å². The molecule has 1 aromatic carbocycles. The zero-order chi connectivity index (χ0) is 18.2. The number of rotatable bonds is 3. The van der Waals surface area contributed by atoms with Crippen LogP contribution in [-0.4, -0.2) is 40.6 Å². The largest absolute Gasteiger partial charge is 0.479 e. The summed E-state index contributed by atoms with van der Waals surface area (Å²) < 4.78 is 14.9. The van der Waals surface area contributed by atoms with Crippen LogP contribution in [0.15, 0.2) is 23.6 Å². The van der Waals surface area contributed by atoms with Crippen LogP contribution in [0.1, 0.15) is 18.4 Å². The number of nitrogens with zero attached hydrogens (tertiary/aromatic N) is 1. The van der Waals surface area contributed by atoms with Gasteiger partial charge in [-0.15, -0.1) is 11.3 Å². The number of hydrogen-bond acceptors (Lipinski definition) is 3. The first-order valence-electron chi connectivity index (χ1n) is 7.56. The smallest absolute Gasteiger partial charge is 0.341 e. The molecule has 0 unspecified atom stereocenters. The number of likely N-dealkylation sites (tertiary alicyclic amines) is 1. The quantitative estimate of drug-likeness (QED) is 0.762. The second kappa shape index (κ2) is 6.94. The molecule has 132 valence electrons. The van der Waals surface area contributed by atoms with Gasteiger partial charge in [-0.1, -0.05) is 23.2 Å². The number of hydrogen-bond donors (Lipinski definition) is 1. The maximum Gasteiger partial charge on any atom is 0.341 e. The molecule has 0 saturated carbocycles. The lowest BCUT2D eigenvalue weighted by atomic mass is 9.93. The van der Waals surface area contributed by atoms with Crippen LogP contribution in [0.4, 0.5) is 4.39 Å². The summed E-state index contributed by atoms with van der Waals surface area (Å²) in [6.45, 7) is 0.119. The van der Waals surface area contributed by atoms with E-state index in [1.807, 2.05) is 17.5 Å². The van der Waals surface area contributed by atoms with Crippen LogP contribution < -0.4 is 0 Å². The highest BCUT2D eigenvalue weighted by Crippen LogP contribution is 2.37. The number of carboxylic acids is 1. The van der Waals surface area contributed by atoms with Crippen LogP contribution in [0, 0.1) is 0 Å². The first-order chi connectivity index (χ1) is 11.8. The van der Waals surface area contributed by atoms with Gasteiger partial charge < -0.3 is 10.0 Å². The Labute approximate surface area is 157 Å². The van der Waals surface area contributed by atoms with Gasteiger partial charge in [0, 0.05) is 32.0 Å². The molecule has 25 heavy (non-hydrogen) atoms. The summed E-state index contributed by atoms with van der Waals surface area (Å²) in [5.74, 6) is -1.79. The Balaban J connectivity index is 1.74. The lowest BCUT2D eigenvalue weighted by Gasteiger charge is -2.33. The molecule has 1 aliphatic rings. The molecule has 0 atom stereocenters. The molecule has 1 aromatic heterocycles. The van der Waals surface area contributed by atoms with Crippen molar-refractivity contribution in [2.75, 3.05) is 13.1 Å². The van der Waals surface area contributed by atoms with Gasteiger partial charge in [0.1, 0.15) is 0 Å². The van der Waals surface area contributed by atoms with Crippen LogP contribution in [0.2, 0.25) is 10.0 Å². The number of carbonyl (C=O) groups is 2. The van der Waals surface area contributed by atoms with Crippen molar-refractivity contribution in [2.45, 2.75) is 18.5 Å². The number of carbonyl (C=O) groups excluding carboxylic acids is 1. The molecule has 0 aliphatic carbocycles. The molecule has 2 heterocycles. The summed E-state index contributed by atoms with van der Waals surface area (Å²) in [6, 6.07) is 3.76. The van der Waals surface area contributed by atoms with E-state index in [9.17, 15) is 14.0 Å². The third kappa shape index (κ3) is 3.52. The number of carboxylic acid groups (broad SMARTS) is 1. The monoisotopic (exact) mass is 401 g/mol. The van der Waals surface area contributed by atoms with E-state index in [2.05, 4.69) is 0 Å². The van der Waals surface area contributed by atoms with Gasteiger partial charge in [-0.05, 0) is 34.5 Å². The third-order valence-corrected chi connectivity index (χ3v) is 6.25. The average molecular weight is 402 g/mol. The Bertz CT molecular complexity index is 872. The minimum absolute atomic E-state index is 0.0596. The SMILES string of the molecule is O=C(/C=C/c1cc2ccsc2c(Cl)c1Cl)N1CCC(F)(C(=O)O)CC1. The molecule has 8 heteroatoms. The number of thiophene rings is 1. The number of fused-ring (bicyclic) bond motifs is 1. The van der Waals surface area contributed by atoms with E-state index in [1.165, 1.54) is 22.3 Å². The van der Waals surface area contributed by atoms with Crippen LogP contribution in [0.5, 0.6) is 0 Å².